The smallest absolute Gasteiger partial charge is 0.270 e. The molecule has 0 atom stereocenters. The molecule has 0 unspecified atom stereocenters. The highest BCUT2D eigenvalue weighted by Gasteiger charge is 2.34. The zero-order valence-corrected chi connectivity index (χ0v) is 20.2. The quantitative estimate of drug-likeness (QED) is 0.271. The second-order valence-corrected chi connectivity index (χ2v) is 8.47. The van der Waals surface area contributed by atoms with Gasteiger partial charge in [-0.3, -0.25) is 19.8 Å². The summed E-state index contributed by atoms with van der Waals surface area (Å²) in [6, 6.07) is 19.3. The summed E-state index contributed by atoms with van der Waals surface area (Å²) in [5.74, 6) is -0.446. The van der Waals surface area contributed by atoms with Gasteiger partial charge in [0, 0.05) is 5.02 Å². The lowest BCUT2D eigenvalue weighted by Gasteiger charge is -2.28. The third-order valence-electron chi connectivity index (χ3n) is 4.98. The lowest BCUT2D eigenvalue weighted by atomic mass is 10.1. The highest BCUT2D eigenvalue weighted by molar-refractivity contribution is 7.80. The number of methoxy groups -OCH3 is 1. The highest BCUT2D eigenvalue weighted by Crippen LogP contribution is 2.38. The number of hydrogen-bond donors (Lipinski definition) is 1. The van der Waals surface area contributed by atoms with Crippen molar-refractivity contribution in [1.82, 2.24) is 5.32 Å². The van der Waals surface area contributed by atoms with Gasteiger partial charge in [-0.15, -0.1) is 0 Å². The number of anilines is 1. The summed E-state index contributed by atoms with van der Waals surface area (Å²) in [4.78, 5) is 27.0. The molecule has 3 aromatic carbocycles. The van der Waals surface area contributed by atoms with E-state index in [4.69, 9.17) is 44.9 Å². The number of amides is 2. The van der Waals surface area contributed by atoms with Crippen molar-refractivity contribution in [3.05, 3.63) is 93.5 Å². The van der Waals surface area contributed by atoms with E-state index < -0.39 is 11.8 Å². The van der Waals surface area contributed by atoms with Gasteiger partial charge in [-0.1, -0.05) is 53.5 Å². The number of rotatable bonds is 6. The Hall–Kier alpha value is -3.39. The van der Waals surface area contributed by atoms with Crippen LogP contribution in [-0.4, -0.2) is 24.0 Å². The molecular weight excluding hydrogens is 495 g/mol. The van der Waals surface area contributed by atoms with Crippen LogP contribution < -0.4 is 19.7 Å². The van der Waals surface area contributed by atoms with Gasteiger partial charge in [-0.05, 0) is 65.8 Å². The number of carbonyl (C=O) groups excluding carboxylic acids is 2. The molecule has 1 N–H and O–H groups in total. The van der Waals surface area contributed by atoms with E-state index in [-0.39, 0.29) is 22.3 Å². The minimum atomic E-state index is -0.597. The highest BCUT2D eigenvalue weighted by atomic mass is 35.5. The van der Waals surface area contributed by atoms with E-state index >= 15 is 0 Å². The van der Waals surface area contributed by atoms with Crippen molar-refractivity contribution in [1.29, 1.82) is 0 Å². The summed E-state index contributed by atoms with van der Waals surface area (Å²) in [6.07, 6.45) is 1.44. The second-order valence-electron chi connectivity index (χ2n) is 7.24. The normalized spacial score (nSPS) is 14.9. The predicted octanol–water partition coefficient (Wildman–Crippen LogP) is 5.41. The first kappa shape index (κ1) is 23.8. The van der Waals surface area contributed by atoms with Crippen LogP contribution in [0.3, 0.4) is 0 Å². The molecule has 0 bridgehead atoms. The average Bonchev–Trinajstić information content (AvgIpc) is 2.82. The van der Waals surface area contributed by atoms with E-state index in [2.05, 4.69) is 5.32 Å². The molecule has 0 saturated carbocycles. The molecule has 3 aromatic rings. The number of para-hydroxylation sites is 1. The largest absolute Gasteiger partial charge is 0.493 e. The van der Waals surface area contributed by atoms with Crippen LogP contribution in [0.15, 0.2) is 72.3 Å². The molecular formula is C25H18Cl2N2O4S. The Balaban J connectivity index is 1.63. The molecule has 1 fully saturated rings. The number of benzene rings is 3. The third kappa shape index (κ3) is 5.07. The summed E-state index contributed by atoms with van der Waals surface area (Å²) in [5.41, 5.74) is 1.84. The number of thiocarbonyl (C=S) groups is 1. The Labute approximate surface area is 211 Å². The van der Waals surface area contributed by atoms with Gasteiger partial charge in [0.05, 0.1) is 17.8 Å². The van der Waals surface area contributed by atoms with Gasteiger partial charge >= 0.3 is 0 Å². The number of carbonyl (C=O) groups is 2. The van der Waals surface area contributed by atoms with Crippen molar-refractivity contribution >= 4 is 64.1 Å². The van der Waals surface area contributed by atoms with Crippen molar-refractivity contribution in [2.75, 3.05) is 12.0 Å². The number of nitrogens with one attached hydrogen (secondary N) is 1. The number of hydrogen-bond acceptors (Lipinski definition) is 5. The minimum absolute atomic E-state index is 0.0138. The summed E-state index contributed by atoms with van der Waals surface area (Å²) in [7, 11) is 1.48. The molecule has 6 nitrogen and oxygen atoms in total. The predicted molar refractivity (Wildman–Crippen MR) is 136 cm³/mol. The second kappa shape index (κ2) is 10.3. The molecule has 0 radical (unpaired) electrons. The van der Waals surface area contributed by atoms with Crippen molar-refractivity contribution in [3.8, 4) is 11.5 Å². The third-order valence-corrected chi connectivity index (χ3v) is 5.79. The maximum Gasteiger partial charge on any atom is 0.270 e. The van der Waals surface area contributed by atoms with Crippen molar-refractivity contribution < 1.29 is 19.1 Å². The number of ether oxygens (including phenoxy) is 2. The zero-order valence-electron chi connectivity index (χ0n) is 17.9. The van der Waals surface area contributed by atoms with Gasteiger partial charge in [0.25, 0.3) is 11.8 Å². The maximum absolute atomic E-state index is 13.2. The lowest BCUT2D eigenvalue weighted by Crippen LogP contribution is -2.54. The van der Waals surface area contributed by atoms with Gasteiger partial charge in [-0.25, -0.2) is 0 Å². The van der Waals surface area contributed by atoms with E-state index in [9.17, 15) is 9.59 Å². The van der Waals surface area contributed by atoms with Crippen LogP contribution in [0.2, 0.25) is 10.0 Å². The molecule has 34 heavy (non-hydrogen) atoms. The van der Waals surface area contributed by atoms with Crippen molar-refractivity contribution in [3.63, 3.8) is 0 Å². The Morgan fingerprint density at radius 1 is 1.03 bits per heavy atom. The monoisotopic (exact) mass is 512 g/mol. The fraction of sp³-hybridized carbons (Fsp3) is 0.0800. The molecule has 172 valence electrons. The Kier molecular flexibility index (Phi) is 7.17. The zero-order chi connectivity index (χ0) is 24.2. The molecule has 0 spiro atoms. The molecule has 0 aromatic heterocycles. The van der Waals surface area contributed by atoms with Crippen LogP contribution in [0.25, 0.3) is 6.08 Å². The van der Waals surface area contributed by atoms with Crippen molar-refractivity contribution in [2.24, 2.45) is 0 Å². The van der Waals surface area contributed by atoms with Crippen LogP contribution in [0.4, 0.5) is 5.69 Å². The van der Waals surface area contributed by atoms with Gasteiger partial charge < -0.3 is 9.47 Å². The minimum Gasteiger partial charge on any atom is -0.493 e. The molecule has 0 aliphatic carbocycles. The summed E-state index contributed by atoms with van der Waals surface area (Å²) in [6.45, 7) is 0.248. The molecule has 2 amide bonds. The molecule has 1 aliphatic rings. The topological polar surface area (TPSA) is 67.9 Å². The maximum atomic E-state index is 13.2. The average molecular weight is 513 g/mol. The summed E-state index contributed by atoms with van der Waals surface area (Å²) in [5, 5.41) is 3.46. The van der Waals surface area contributed by atoms with E-state index in [0.29, 0.717) is 27.8 Å². The molecule has 4 rings (SSSR count). The Bertz CT molecular complexity index is 1290. The Morgan fingerprint density at radius 3 is 2.41 bits per heavy atom. The first-order chi connectivity index (χ1) is 16.4. The van der Waals surface area contributed by atoms with Crippen LogP contribution in [0.1, 0.15) is 11.1 Å². The van der Waals surface area contributed by atoms with E-state index in [0.717, 1.165) is 5.56 Å². The fourth-order valence-corrected chi connectivity index (χ4v) is 4.02. The van der Waals surface area contributed by atoms with Gasteiger partial charge in [0.1, 0.15) is 12.2 Å². The molecule has 9 heteroatoms. The first-order valence-corrected chi connectivity index (χ1v) is 11.2. The van der Waals surface area contributed by atoms with Crippen LogP contribution in [-0.2, 0) is 16.2 Å². The van der Waals surface area contributed by atoms with E-state index in [1.54, 1.807) is 48.5 Å². The fourth-order valence-electron chi connectivity index (χ4n) is 3.34. The molecule has 1 heterocycles. The van der Waals surface area contributed by atoms with Crippen LogP contribution in [0, 0.1) is 0 Å². The van der Waals surface area contributed by atoms with Gasteiger partial charge in [0.2, 0.25) is 0 Å². The van der Waals surface area contributed by atoms with Gasteiger partial charge in [0.15, 0.2) is 16.6 Å². The summed E-state index contributed by atoms with van der Waals surface area (Å²) >= 11 is 17.6. The van der Waals surface area contributed by atoms with E-state index in [1.807, 2.05) is 18.2 Å². The van der Waals surface area contributed by atoms with E-state index in [1.165, 1.54) is 18.1 Å². The van der Waals surface area contributed by atoms with Gasteiger partial charge in [-0.2, -0.15) is 0 Å². The lowest BCUT2D eigenvalue weighted by molar-refractivity contribution is -0.122. The van der Waals surface area contributed by atoms with Crippen molar-refractivity contribution in [2.45, 2.75) is 6.61 Å². The molecule has 1 saturated heterocycles. The van der Waals surface area contributed by atoms with Crippen LogP contribution >= 0.6 is 35.4 Å². The number of halogens is 2. The molecule has 1 aliphatic heterocycles. The SMILES string of the molecule is COc1cc(/C=C2\C(=O)NC(=S)N(c3ccccc3)C2=O)cc(Cl)c1OCc1ccc(Cl)cc1. The standard InChI is InChI=1S/C25H18Cl2N2O4S/c1-32-21-13-16(12-20(27)22(21)33-14-15-7-9-17(26)10-8-15)11-19-23(30)28-25(34)29(24(19)31)18-5-3-2-4-6-18/h2-13H,14H2,1H3,(H,28,30,34)/b19-11+. The Morgan fingerprint density at radius 2 is 1.74 bits per heavy atom. The summed E-state index contributed by atoms with van der Waals surface area (Å²) < 4.78 is 11.3. The number of nitrogens with zero attached hydrogens (tertiary/aromatic N) is 1. The first-order valence-electron chi connectivity index (χ1n) is 10.1. The van der Waals surface area contributed by atoms with Crippen LogP contribution in [0.5, 0.6) is 11.5 Å².